The van der Waals surface area contributed by atoms with Crippen LogP contribution in [0.5, 0.6) is 0 Å². The minimum atomic E-state index is 0.550. The Bertz CT molecular complexity index is 807. The first kappa shape index (κ1) is 17.0. The van der Waals surface area contributed by atoms with Gasteiger partial charge in [-0.05, 0) is 36.1 Å². The van der Waals surface area contributed by atoms with Crippen LogP contribution in [-0.4, -0.2) is 26.7 Å². The number of hydrogen-bond acceptors (Lipinski definition) is 5. The number of aromatic amines is 1. The average molecular weight is 336 g/mol. The number of rotatable bonds is 7. The van der Waals surface area contributed by atoms with Crippen LogP contribution >= 0.6 is 0 Å². The van der Waals surface area contributed by atoms with Gasteiger partial charge in [0.15, 0.2) is 5.82 Å². The van der Waals surface area contributed by atoms with Crippen molar-refractivity contribution in [3.8, 4) is 11.4 Å². The van der Waals surface area contributed by atoms with E-state index in [2.05, 4.69) is 68.9 Å². The highest BCUT2D eigenvalue weighted by atomic mass is 15.3. The zero-order valence-electron chi connectivity index (χ0n) is 14.9. The van der Waals surface area contributed by atoms with Gasteiger partial charge >= 0.3 is 0 Å². The fourth-order valence-corrected chi connectivity index (χ4v) is 2.52. The van der Waals surface area contributed by atoms with Gasteiger partial charge in [0.2, 0.25) is 5.95 Å². The van der Waals surface area contributed by atoms with Gasteiger partial charge in [0.05, 0.1) is 0 Å². The molecule has 3 N–H and O–H groups in total. The highest BCUT2D eigenvalue weighted by Gasteiger charge is 2.06. The third kappa shape index (κ3) is 4.35. The Balaban J connectivity index is 1.66. The summed E-state index contributed by atoms with van der Waals surface area (Å²) < 4.78 is 0. The van der Waals surface area contributed by atoms with Gasteiger partial charge in [-0.25, -0.2) is 4.98 Å². The molecule has 0 aliphatic carbocycles. The molecule has 0 aliphatic rings. The third-order valence-electron chi connectivity index (χ3n) is 3.97. The summed E-state index contributed by atoms with van der Waals surface area (Å²) in [7, 11) is 0. The summed E-state index contributed by atoms with van der Waals surface area (Å²) in [5, 5.41) is 13.5. The summed E-state index contributed by atoms with van der Waals surface area (Å²) in [5.41, 5.74) is 3.53. The van der Waals surface area contributed by atoms with Crippen LogP contribution < -0.4 is 10.6 Å². The molecule has 0 saturated heterocycles. The molecule has 3 aromatic rings. The maximum atomic E-state index is 4.42. The van der Waals surface area contributed by atoms with Gasteiger partial charge in [-0.2, -0.15) is 4.98 Å². The second-order valence-corrected chi connectivity index (χ2v) is 6.22. The van der Waals surface area contributed by atoms with Crippen LogP contribution in [0.3, 0.4) is 0 Å². The molecule has 0 spiro atoms. The topological polar surface area (TPSA) is 78.5 Å². The zero-order chi connectivity index (χ0) is 17.6. The van der Waals surface area contributed by atoms with Crippen LogP contribution in [0.15, 0.2) is 42.6 Å². The number of nitrogens with one attached hydrogen (secondary N) is 3. The molecule has 2 aromatic heterocycles. The Morgan fingerprint density at radius 2 is 1.88 bits per heavy atom. The number of aromatic nitrogens is 4. The van der Waals surface area contributed by atoms with E-state index in [0.29, 0.717) is 11.9 Å². The van der Waals surface area contributed by atoms with Crippen molar-refractivity contribution in [1.29, 1.82) is 0 Å². The summed E-state index contributed by atoms with van der Waals surface area (Å²) >= 11 is 0. The standard InChI is InChI=1S/C19H24N6/c1-4-20-19-23-18(24-25-19)16-9-10-21-17(11-16)22-12-14-5-7-15(8-6-14)13(2)3/h5-11,13H,4,12H2,1-3H3,(H,21,22)(H2,20,23,24,25). The smallest absolute Gasteiger partial charge is 0.242 e. The molecule has 0 aliphatic heterocycles. The van der Waals surface area contributed by atoms with Gasteiger partial charge in [0.1, 0.15) is 5.82 Å². The maximum Gasteiger partial charge on any atom is 0.242 e. The van der Waals surface area contributed by atoms with Crippen LogP contribution in [0.25, 0.3) is 11.4 Å². The summed E-state index contributed by atoms with van der Waals surface area (Å²) in [6, 6.07) is 12.6. The fourth-order valence-electron chi connectivity index (χ4n) is 2.52. The molecule has 6 heteroatoms. The molecule has 0 unspecified atom stereocenters. The molecular formula is C19H24N6. The molecule has 0 saturated carbocycles. The van der Waals surface area contributed by atoms with E-state index in [9.17, 15) is 0 Å². The van der Waals surface area contributed by atoms with Crippen LogP contribution in [0.2, 0.25) is 0 Å². The van der Waals surface area contributed by atoms with Crippen LogP contribution in [0.1, 0.15) is 37.8 Å². The monoisotopic (exact) mass is 336 g/mol. The van der Waals surface area contributed by atoms with Gasteiger partial charge in [0.25, 0.3) is 0 Å². The number of pyridine rings is 1. The molecule has 6 nitrogen and oxygen atoms in total. The first-order valence-electron chi connectivity index (χ1n) is 8.61. The zero-order valence-corrected chi connectivity index (χ0v) is 14.9. The molecule has 0 amide bonds. The number of H-pyrrole nitrogens is 1. The second-order valence-electron chi connectivity index (χ2n) is 6.22. The van der Waals surface area contributed by atoms with E-state index in [-0.39, 0.29) is 0 Å². The highest BCUT2D eigenvalue weighted by molar-refractivity contribution is 5.60. The van der Waals surface area contributed by atoms with Crippen molar-refractivity contribution in [2.45, 2.75) is 33.2 Å². The van der Waals surface area contributed by atoms with Crippen molar-refractivity contribution in [3.63, 3.8) is 0 Å². The number of nitrogens with zero attached hydrogens (tertiary/aromatic N) is 3. The molecule has 2 heterocycles. The van der Waals surface area contributed by atoms with E-state index in [1.165, 1.54) is 11.1 Å². The molecule has 0 bridgehead atoms. The van der Waals surface area contributed by atoms with Crippen LogP contribution in [0.4, 0.5) is 11.8 Å². The Morgan fingerprint density at radius 1 is 1.08 bits per heavy atom. The van der Waals surface area contributed by atoms with Crippen molar-refractivity contribution in [3.05, 3.63) is 53.7 Å². The van der Waals surface area contributed by atoms with E-state index in [1.807, 2.05) is 19.1 Å². The summed E-state index contributed by atoms with van der Waals surface area (Å²) in [6.07, 6.45) is 1.77. The fraction of sp³-hybridized carbons (Fsp3) is 0.316. The van der Waals surface area contributed by atoms with E-state index in [0.717, 1.165) is 30.3 Å². The normalized spacial score (nSPS) is 10.9. The number of hydrogen-bond donors (Lipinski definition) is 3. The Hall–Kier alpha value is -2.89. The van der Waals surface area contributed by atoms with Gasteiger partial charge in [-0.3, -0.25) is 5.10 Å². The van der Waals surface area contributed by atoms with E-state index >= 15 is 0 Å². The molecule has 0 fully saturated rings. The predicted octanol–water partition coefficient (Wildman–Crippen LogP) is 4.03. The lowest BCUT2D eigenvalue weighted by Crippen LogP contribution is -2.02. The van der Waals surface area contributed by atoms with Crippen molar-refractivity contribution in [2.24, 2.45) is 0 Å². The summed E-state index contributed by atoms with van der Waals surface area (Å²) in [4.78, 5) is 8.80. The minimum absolute atomic E-state index is 0.550. The average Bonchev–Trinajstić information content (AvgIpc) is 3.10. The lowest BCUT2D eigenvalue weighted by molar-refractivity contribution is 0.865. The number of benzene rings is 1. The van der Waals surface area contributed by atoms with Gasteiger partial charge in [-0.1, -0.05) is 38.1 Å². The molecule has 3 rings (SSSR count). The quantitative estimate of drug-likeness (QED) is 0.607. The summed E-state index contributed by atoms with van der Waals surface area (Å²) in [5.74, 6) is 2.69. The first-order chi connectivity index (χ1) is 12.2. The van der Waals surface area contributed by atoms with E-state index in [4.69, 9.17) is 0 Å². The Kier molecular flexibility index (Phi) is 5.28. The Labute approximate surface area is 148 Å². The van der Waals surface area contributed by atoms with Gasteiger partial charge < -0.3 is 10.6 Å². The number of anilines is 2. The van der Waals surface area contributed by atoms with E-state index in [1.54, 1.807) is 6.20 Å². The highest BCUT2D eigenvalue weighted by Crippen LogP contribution is 2.19. The van der Waals surface area contributed by atoms with Crippen LogP contribution in [0, 0.1) is 0 Å². The van der Waals surface area contributed by atoms with Gasteiger partial charge in [-0.15, -0.1) is 5.10 Å². The predicted molar refractivity (Wildman–Crippen MR) is 102 cm³/mol. The largest absolute Gasteiger partial charge is 0.366 e. The second kappa shape index (κ2) is 7.79. The SMILES string of the molecule is CCNc1n[nH]c(-c2ccnc(NCc3ccc(C(C)C)cc3)c2)n1. The molecular weight excluding hydrogens is 312 g/mol. The molecule has 130 valence electrons. The van der Waals surface area contributed by atoms with Crippen molar-refractivity contribution in [2.75, 3.05) is 17.2 Å². The molecule has 0 radical (unpaired) electrons. The lowest BCUT2D eigenvalue weighted by Gasteiger charge is -2.09. The van der Waals surface area contributed by atoms with Crippen molar-refractivity contribution < 1.29 is 0 Å². The van der Waals surface area contributed by atoms with E-state index < -0.39 is 0 Å². The Morgan fingerprint density at radius 3 is 2.60 bits per heavy atom. The molecule has 0 atom stereocenters. The van der Waals surface area contributed by atoms with Crippen LogP contribution in [-0.2, 0) is 6.54 Å². The van der Waals surface area contributed by atoms with Gasteiger partial charge in [0, 0.05) is 24.8 Å². The molecule has 1 aromatic carbocycles. The first-order valence-corrected chi connectivity index (χ1v) is 8.61. The van der Waals surface area contributed by atoms with Crippen molar-refractivity contribution >= 4 is 11.8 Å². The lowest BCUT2D eigenvalue weighted by atomic mass is 10.0. The van der Waals surface area contributed by atoms with Crippen molar-refractivity contribution in [1.82, 2.24) is 20.2 Å². The summed E-state index contributed by atoms with van der Waals surface area (Å²) in [6.45, 7) is 7.93. The third-order valence-corrected chi connectivity index (χ3v) is 3.97. The maximum absolute atomic E-state index is 4.42. The minimum Gasteiger partial charge on any atom is -0.366 e. The molecule has 25 heavy (non-hydrogen) atoms.